The normalized spacial score (nSPS) is 21.2. The molecule has 0 radical (unpaired) electrons. The summed E-state index contributed by atoms with van der Waals surface area (Å²) < 4.78 is 9.49. The van der Waals surface area contributed by atoms with E-state index in [-0.39, 0.29) is 10.4 Å². The number of hydrogen-bond donors (Lipinski definition) is 2. The fourth-order valence-electron chi connectivity index (χ4n) is 2.68. The van der Waals surface area contributed by atoms with Crippen molar-refractivity contribution < 1.29 is 19.1 Å². The molecular formula is C15H22N2O4S. The summed E-state index contributed by atoms with van der Waals surface area (Å²) in [5.41, 5.74) is 6.79. The largest absolute Gasteiger partial charge is 0.465 e. The third-order valence-electron chi connectivity index (χ3n) is 4.02. The Morgan fingerprint density at radius 1 is 1.23 bits per heavy atom. The van der Waals surface area contributed by atoms with E-state index < -0.39 is 11.9 Å². The van der Waals surface area contributed by atoms with Gasteiger partial charge in [-0.1, -0.05) is 0 Å². The molecule has 0 unspecified atom stereocenters. The highest BCUT2D eigenvalue weighted by atomic mass is 32.1. The molecular weight excluding hydrogens is 304 g/mol. The molecule has 1 aliphatic carbocycles. The van der Waals surface area contributed by atoms with Crippen LogP contribution in [0.3, 0.4) is 0 Å². The first-order chi connectivity index (χ1) is 10.6. The van der Waals surface area contributed by atoms with E-state index in [0.717, 1.165) is 32.2 Å². The second kappa shape index (κ2) is 7.60. The van der Waals surface area contributed by atoms with Crippen molar-refractivity contribution in [2.75, 3.05) is 26.1 Å². The Labute approximate surface area is 134 Å². The maximum atomic E-state index is 12.0. The minimum atomic E-state index is -0.533. The first-order valence-electron chi connectivity index (χ1n) is 7.34. The Morgan fingerprint density at radius 2 is 1.86 bits per heavy atom. The lowest BCUT2D eigenvalue weighted by atomic mass is 9.86. The molecule has 1 aromatic heterocycles. The van der Waals surface area contributed by atoms with E-state index in [2.05, 4.69) is 5.32 Å². The summed E-state index contributed by atoms with van der Waals surface area (Å²) in [6, 6.07) is 0.314. The molecule has 1 aromatic rings. The maximum absolute atomic E-state index is 12.0. The SMILES string of the molecule is COC(=O)c1scc(NC[C@H]2CC[C@H](N)CC2)c1C(=O)OC. The number of nitrogens with one attached hydrogen (secondary N) is 1. The van der Waals surface area contributed by atoms with Crippen molar-refractivity contribution in [2.24, 2.45) is 11.7 Å². The number of rotatable bonds is 5. The average Bonchev–Trinajstić information content (AvgIpc) is 2.96. The Morgan fingerprint density at radius 3 is 2.45 bits per heavy atom. The molecule has 3 N–H and O–H groups in total. The van der Waals surface area contributed by atoms with Gasteiger partial charge in [-0.25, -0.2) is 9.59 Å². The Bertz CT molecular complexity index is 536. The maximum Gasteiger partial charge on any atom is 0.349 e. The van der Waals surface area contributed by atoms with Gasteiger partial charge in [-0.2, -0.15) is 0 Å². The molecule has 1 saturated carbocycles. The molecule has 0 spiro atoms. The summed E-state index contributed by atoms with van der Waals surface area (Å²) in [6.45, 7) is 0.758. The smallest absolute Gasteiger partial charge is 0.349 e. The van der Waals surface area contributed by atoms with Crippen LogP contribution in [0.2, 0.25) is 0 Å². The number of esters is 2. The molecule has 7 heteroatoms. The quantitative estimate of drug-likeness (QED) is 0.807. The van der Waals surface area contributed by atoms with Crippen LogP contribution in [-0.2, 0) is 9.47 Å². The molecule has 122 valence electrons. The van der Waals surface area contributed by atoms with Crippen LogP contribution in [0, 0.1) is 5.92 Å². The molecule has 1 aliphatic rings. The van der Waals surface area contributed by atoms with Gasteiger partial charge in [0, 0.05) is 18.0 Å². The topological polar surface area (TPSA) is 90.6 Å². The van der Waals surface area contributed by atoms with Crippen molar-refractivity contribution in [3.05, 3.63) is 15.8 Å². The van der Waals surface area contributed by atoms with E-state index in [9.17, 15) is 9.59 Å². The van der Waals surface area contributed by atoms with Gasteiger partial charge in [0.05, 0.1) is 19.9 Å². The lowest BCUT2D eigenvalue weighted by molar-refractivity contribution is 0.0561. The van der Waals surface area contributed by atoms with Crippen LogP contribution in [0.4, 0.5) is 5.69 Å². The van der Waals surface area contributed by atoms with Crippen LogP contribution in [0.15, 0.2) is 5.38 Å². The van der Waals surface area contributed by atoms with Crippen LogP contribution in [0.5, 0.6) is 0 Å². The average molecular weight is 326 g/mol. The van der Waals surface area contributed by atoms with Crippen molar-refractivity contribution in [1.29, 1.82) is 0 Å². The number of ether oxygens (including phenoxy) is 2. The molecule has 2 rings (SSSR count). The first kappa shape index (κ1) is 16.8. The zero-order valence-corrected chi connectivity index (χ0v) is 13.7. The standard InChI is InChI=1S/C15H22N2O4S/c1-20-14(18)12-11(8-22-13(12)15(19)21-2)17-7-9-3-5-10(16)6-4-9/h8-10,17H,3-7,16H2,1-2H3/t9-,10-. The molecule has 22 heavy (non-hydrogen) atoms. The summed E-state index contributed by atoms with van der Waals surface area (Å²) in [5.74, 6) is -0.524. The summed E-state index contributed by atoms with van der Waals surface area (Å²) in [7, 11) is 2.59. The van der Waals surface area contributed by atoms with Crippen molar-refractivity contribution in [2.45, 2.75) is 31.7 Å². The number of hydrogen-bond acceptors (Lipinski definition) is 7. The van der Waals surface area contributed by atoms with Gasteiger partial charge in [0.2, 0.25) is 0 Å². The fraction of sp³-hybridized carbons (Fsp3) is 0.600. The predicted molar refractivity (Wildman–Crippen MR) is 85.4 cm³/mol. The molecule has 0 aliphatic heterocycles. The Balaban J connectivity index is 2.08. The van der Waals surface area contributed by atoms with Gasteiger partial charge >= 0.3 is 11.9 Å². The van der Waals surface area contributed by atoms with Crippen LogP contribution in [0.25, 0.3) is 0 Å². The van der Waals surface area contributed by atoms with Gasteiger partial charge in [-0.05, 0) is 31.6 Å². The summed E-state index contributed by atoms with van der Waals surface area (Å²) in [6.07, 6.45) is 4.23. The van der Waals surface area contributed by atoms with Gasteiger partial charge in [-0.15, -0.1) is 11.3 Å². The van der Waals surface area contributed by atoms with E-state index in [1.807, 2.05) is 0 Å². The van der Waals surface area contributed by atoms with E-state index in [0.29, 0.717) is 17.6 Å². The summed E-state index contributed by atoms with van der Waals surface area (Å²) >= 11 is 1.18. The van der Waals surface area contributed by atoms with E-state index in [4.69, 9.17) is 15.2 Å². The van der Waals surface area contributed by atoms with Crippen molar-refractivity contribution in [3.8, 4) is 0 Å². The zero-order chi connectivity index (χ0) is 16.1. The highest BCUT2D eigenvalue weighted by molar-refractivity contribution is 7.13. The third kappa shape index (κ3) is 3.78. The number of nitrogens with two attached hydrogens (primary N) is 1. The fourth-order valence-corrected chi connectivity index (χ4v) is 3.61. The number of anilines is 1. The first-order valence-corrected chi connectivity index (χ1v) is 8.22. The molecule has 0 atom stereocenters. The summed E-state index contributed by atoms with van der Waals surface area (Å²) in [5, 5.41) is 5.03. The number of carbonyl (C=O) groups excluding carboxylic acids is 2. The van der Waals surface area contributed by atoms with Gasteiger partial charge < -0.3 is 20.5 Å². The van der Waals surface area contributed by atoms with Crippen molar-refractivity contribution in [1.82, 2.24) is 0 Å². The van der Waals surface area contributed by atoms with E-state index in [1.165, 1.54) is 25.6 Å². The van der Waals surface area contributed by atoms with Gasteiger partial charge in [0.25, 0.3) is 0 Å². The zero-order valence-electron chi connectivity index (χ0n) is 12.9. The molecule has 6 nitrogen and oxygen atoms in total. The number of methoxy groups -OCH3 is 2. The lowest BCUT2D eigenvalue weighted by Gasteiger charge is -2.26. The van der Waals surface area contributed by atoms with Crippen molar-refractivity contribution >= 4 is 29.0 Å². The van der Waals surface area contributed by atoms with Gasteiger partial charge in [0.1, 0.15) is 10.4 Å². The minimum Gasteiger partial charge on any atom is -0.465 e. The second-order valence-corrected chi connectivity index (χ2v) is 6.38. The van der Waals surface area contributed by atoms with Crippen LogP contribution in [-0.4, -0.2) is 38.7 Å². The second-order valence-electron chi connectivity index (χ2n) is 5.50. The van der Waals surface area contributed by atoms with Crippen LogP contribution >= 0.6 is 11.3 Å². The molecule has 0 aromatic carbocycles. The van der Waals surface area contributed by atoms with E-state index in [1.54, 1.807) is 5.38 Å². The molecule has 0 bridgehead atoms. The predicted octanol–water partition coefficient (Wildman–Crippen LogP) is 2.25. The van der Waals surface area contributed by atoms with Gasteiger partial charge in [-0.3, -0.25) is 0 Å². The van der Waals surface area contributed by atoms with Crippen molar-refractivity contribution in [3.63, 3.8) is 0 Å². The highest BCUT2D eigenvalue weighted by Crippen LogP contribution is 2.30. The number of carbonyl (C=O) groups is 2. The van der Waals surface area contributed by atoms with Gasteiger partial charge in [0.15, 0.2) is 0 Å². The highest BCUT2D eigenvalue weighted by Gasteiger charge is 2.26. The summed E-state index contributed by atoms with van der Waals surface area (Å²) in [4.78, 5) is 24.0. The Kier molecular flexibility index (Phi) is 5.79. The minimum absolute atomic E-state index is 0.256. The van der Waals surface area contributed by atoms with Crippen LogP contribution < -0.4 is 11.1 Å². The molecule has 1 fully saturated rings. The van der Waals surface area contributed by atoms with E-state index >= 15 is 0 Å². The molecule has 1 heterocycles. The Hall–Kier alpha value is -1.60. The van der Waals surface area contributed by atoms with Crippen LogP contribution in [0.1, 0.15) is 45.7 Å². The third-order valence-corrected chi connectivity index (χ3v) is 4.98. The molecule has 0 amide bonds. The molecule has 0 saturated heterocycles. The number of thiophene rings is 1. The lowest BCUT2D eigenvalue weighted by Crippen LogP contribution is -2.29. The monoisotopic (exact) mass is 326 g/mol.